The first-order chi connectivity index (χ1) is 11.2. The van der Waals surface area contributed by atoms with Crippen molar-refractivity contribution in [3.8, 4) is 11.5 Å². The zero-order valence-electron chi connectivity index (χ0n) is 13.5. The molecular formula is C22H20O. The Kier molecular flexibility index (Phi) is 4.58. The number of allylic oxidation sites excluding steroid dienone is 2. The van der Waals surface area contributed by atoms with Gasteiger partial charge in [0.25, 0.3) is 0 Å². The summed E-state index contributed by atoms with van der Waals surface area (Å²) in [7, 11) is 0. The number of hydrogen-bond acceptors (Lipinski definition) is 1. The minimum absolute atomic E-state index is 0.852. The van der Waals surface area contributed by atoms with Gasteiger partial charge in [0.2, 0.25) is 0 Å². The van der Waals surface area contributed by atoms with Crippen molar-refractivity contribution in [2.75, 3.05) is 0 Å². The van der Waals surface area contributed by atoms with E-state index in [0.29, 0.717) is 0 Å². The second-order valence-corrected chi connectivity index (χ2v) is 5.56. The third-order valence-corrected chi connectivity index (χ3v) is 4.04. The smallest absolute Gasteiger partial charge is 0.127 e. The van der Waals surface area contributed by atoms with Crippen LogP contribution in [0.5, 0.6) is 11.5 Å². The van der Waals surface area contributed by atoms with Gasteiger partial charge in [-0.1, -0.05) is 60.7 Å². The van der Waals surface area contributed by atoms with Gasteiger partial charge in [0, 0.05) is 0 Å². The maximum absolute atomic E-state index is 5.84. The zero-order chi connectivity index (χ0) is 16.1. The first kappa shape index (κ1) is 15.1. The van der Waals surface area contributed by atoms with Crippen LogP contribution in [0.3, 0.4) is 0 Å². The Morgan fingerprint density at radius 3 is 1.52 bits per heavy atom. The summed E-state index contributed by atoms with van der Waals surface area (Å²) in [5.74, 6) is 1.71. The Bertz CT molecular complexity index is 784. The molecule has 0 radical (unpaired) electrons. The molecule has 114 valence electrons. The summed E-state index contributed by atoms with van der Waals surface area (Å²) in [6, 6.07) is 28.6. The molecule has 0 bridgehead atoms. The van der Waals surface area contributed by atoms with Gasteiger partial charge in [0.15, 0.2) is 0 Å². The molecule has 0 aliphatic rings. The van der Waals surface area contributed by atoms with E-state index in [1.807, 2.05) is 48.5 Å². The van der Waals surface area contributed by atoms with Crippen LogP contribution in [0, 0.1) is 0 Å². The van der Waals surface area contributed by atoms with Gasteiger partial charge >= 0.3 is 0 Å². The number of ether oxygens (including phenoxy) is 1. The minimum Gasteiger partial charge on any atom is -0.457 e. The van der Waals surface area contributed by atoms with E-state index < -0.39 is 0 Å². The van der Waals surface area contributed by atoms with Crippen molar-refractivity contribution in [2.24, 2.45) is 0 Å². The summed E-state index contributed by atoms with van der Waals surface area (Å²) < 4.78 is 5.84. The Labute approximate surface area is 137 Å². The molecule has 0 aliphatic carbocycles. The van der Waals surface area contributed by atoms with E-state index in [4.69, 9.17) is 4.74 Å². The van der Waals surface area contributed by atoms with E-state index >= 15 is 0 Å². The van der Waals surface area contributed by atoms with E-state index in [2.05, 4.69) is 50.2 Å². The second kappa shape index (κ2) is 6.97. The Morgan fingerprint density at radius 2 is 0.957 bits per heavy atom. The lowest BCUT2D eigenvalue weighted by atomic mass is 9.97. The van der Waals surface area contributed by atoms with Crippen LogP contribution in [0.15, 0.2) is 84.9 Å². The van der Waals surface area contributed by atoms with Gasteiger partial charge in [0.05, 0.1) is 0 Å². The normalized spacial score (nSPS) is 11.7. The van der Waals surface area contributed by atoms with Crippen LogP contribution in [0.1, 0.15) is 25.0 Å². The molecule has 3 aromatic carbocycles. The SMILES string of the molecule is C/C(=C(\C)c1ccc(Oc2ccccc2)cc1)c1ccccc1. The van der Waals surface area contributed by atoms with Crippen LogP contribution in [0.4, 0.5) is 0 Å². The Balaban J connectivity index is 1.82. The molecule has 0 aliphatic heterocycles. The highest BCUT2D eigenvalue weighted by molar-refractivity contribution is 5.88. The molecule has 0 unspecified atom stereocenters. The van der Waals surface area contributed by atoms with Gasteiger partial charge < -0.3 is 4.74 Å². The molecule has 3 aromatic rings. The lowest BCUT2D eigenvalue weighted by Crippen LogP contribution is -1.88. The van der Waals surface area contributed by atoms with Crippen molar-refractivity contribution in [1.82, 2.24) is 0 Å². The van der Waals surface area contributed by atoms with Crippen molar-refractivity contribution < 1.29 is 4.74 Å². The van der Waals surface area contributed by atoms with E-state index in [0.717, 1.165) is 11.5 Å². The monoisotopic (exact) mass is 300 g/mol. The number of hydrogen-bond donors (Lipinski definition) is 0. The summed E-state index contributed by atoms with van der Waals surface area (Å²) in [5, 5.41) is 0. The van der Waals surface area contributed by atoms with E-state index in [9.17, 15) is 0 Å². The van der Waals surface area contributed by atoms with Gasteiger partial charge in [-0.05, 0) is 60.4 Å². The van der Waals surface area contributed by atoms with Crippen molar-refractivity contribution >= 4 is 11.1 Å². The fourth-order valence-corrected chi connectivity index (χ4v) is 2.52. The lowest BCUT2D eigenvalue weighted by Gasteiger charge is -2.10. The Hall–Kier alpha value is -2.80. The zero-order valence-corrected chi connectivity index (χ0v) is 13.5. The van der Waals surface area contributed by atoms with Gasteiger partial charge in [-0.25, -0.2) is 0 Å². The molecule has 0 saturated heterocycles. The van der Waals surface area contributed by atoms with Crippen LogP contribution < -0.4 is 4.74 Å². The molecule has 1 heteroatoms. The summed E-state index contributed by atoms with van der Waals surface area (Å²) in [5.41, 5.74) is 5.05. The average Bonchev–Trinajstić information content (AvgIpc) is 2.63. The quantitative estimate of drug-likeness (QED) is 0.504. The van der Waals surface area contributed by atoms with Gasteiger partial charge in [-0.15, -0.1) is 0 Å². The molecule has 0 atom stereocenters. The lowest BCUT2D eigenvalue weighted by molar-refractivity contribution is 0.482. The van der Waals surface area contributed by atoms with Crippen LogP contribution in [-0.4, -0.2) is 0 Å². The fourth-order valence-electron chi connectivity index (χ4n) is 2.52. The average molecular weight is 300 g/mol. The molecule has 0 saturated carbocycles. The molecule has 1 nitrogen and oxygen atoms in total. The summed E-state index contributed by atoms with van der Waals surface area (Å²) >= 11 is 0. The number of benzene rings is 3. The van der Waals surface area contributed by atoms with E-state index in [1.165, 1.54) is 22.3 Å². The first-order valence-corrected chi connectivity index (χ1v) is 7.80. The summed E-state index contributed by atoms with van der Waals surface area (Å²) in [6.07, 6.45) is 0. The van der Waals surface area contributed by atoms with E-state index in [-0.39, 0.29) is 0 Å². The predicted octanol–water partition coefficient (Wildman–Crippen LogP) is 6.43. The molecule has 0 fully saturated rings. The molecule has 0 heterocycles. The molecule has 3 rings (SSSR count). The molecule has 0 N–H and O–H groups in total. The van der Waals surface area contributed by atoms with Crippen molar-refractivity contribution in [1.29, 1.82) is 0 Å². The molecule has 0 amide bonds. The summed E-state index contributed by atoms with van der Waals surface area (Å²) in [4.78, 5) is 0. The Morgan fingerprint density at radius 1 is 0.522 bits per heavy atom. The summed E-state index contributed by atoms with van der Waals surface area (Å²) in [6.45, 7) is 4.33. The highest BCUT2D eigenvalue weighted by Crippen LogP contribution is 2.28. The first-order valence-electron chi connectivity index (χ1n) is 7.80. The van der Waals surface area contributed by atoms with Crippen LogP contribution in [0.25, 0.3) is 11.1 Å². The van der Waals surface area contributed by atoms with Gasteiger partial charge in [0.1, 0.15) is 11.5 Å². The minimum atomic E-state index is 0.852. The molecule has 0 aromatic heterocycles. The maximum Gasteiger partial charge on any atom is 0.127 e. The third-order valence-electron chi connectivity index (χ3n) is 4.04. The predicted molar refractivity (Wildman–Crippen MR) is 97.6 cm³/mol. The molecule has 23 heavy (non-hydrogen) atoms. The maximum atomic E-state index is 5.84. The molecular weight excluding hydrogens is 280 g/mol. The number of rotatable bonds is 4. The van der Waals surface area contributed by atoms with E-state index in [1.54, 1.807) is 0 Å². The van der Waals surface area contributed by atoms with Crippen molar-refractivity contribution in [2.45, 2.75) is 13.8 Å². The van der Waals surface area contributed by atoms with Gasteiger partial charge in [-0.3, -0.25) is 0 Å². The van der Waals surface area contributed by atoms with Crippen LogP contribution in [-0.2, 0) is 0 Å². The largest absolute Gasteiger partial charge is 0.457 e. The molecule has 0 spiro atoms. The third kappa shape index (κ3) is 3.70. The topological polar surface area (TPSA) is 9.23 Å². The number of para-hydroxylation sites is 1. The van der Waals surface area contributed by atoms with Crippen molar-refractivity contribution in [3.05, 3.63) is 96.1 Å². The highest BCUT2D eigenvalue weighted by Gasteiger charge is 2.04. The fraction of sp³-hybridized carbons (Fsp3) is 0.0909. The second-order valence-electron chi connectivity index (χ2n) is 5.56. The standard InChI is InChI=1S/C22H20O/c1-17(19-9-5-3-6-10-19)18(2)20-13-15-22(16-14-20)23-21-11-7-4-8-12-21/h3-16H,1-2H3/b18-17-. The van der Waals surface area contributed by atoms with Crippen LogP contribution >= 0.6 is 0 Å². The highest BCUT2D eigenvalue weighted by atomic mass is 16.5. The van der Waals surface area contributed by atoms with Gasteiger partial charge in [-0.2, -0.15) is 0 Å². The van der Waals surface area contributed by atoms with Crippen LogP contribution in [0.2, 0.25) is 0 Å². The van der Waals surface area contributed by atoms with Crippen molar-refractivity contribution in [3.63, 3.8) is 0 Å².